The second-order valence-corrected chi connectivity index (χ2v) is 6.78. The van der Waals surface area contributed by atoms with Gasteiger partial charge in [0.1, 0.15) is 11.7 Å². The van der Waals surface area contributed by atoms with E-state index in [9.17, 15) is 4.79 Å². The smallest absolute Gasteiger partial charge is 0.242 e. The van der Waals surface area contributed by atoms with E-state index in [1.54, 1.807) is 6.20 Å². The Bertz CT molecular complexity index is 742. The average molecular weight is 357 g/mol. The number of hydrogen-bond donors (Lipinski definition) is 1. The molecule has 2 fully saturated rings. The summed E-state index contributed by atoms with van der Waals surface area (Å²) in [5.74, 6) is 1.44. The van der Waals surface area contributed by atoms with Crippen molar-refractivity contribution in [2.45, 2.75) is 37.8 Å². The first-order valence-electron chi connectivity index (χ1n) is 9.11. The number of pyridine rings is 1. The standard InChI is InChI=1S/C18H23N5O3/c1-12-15(20-8-11-25-12)18(24)23-9-5-13(6-10-23)17-21-16(22-26-17)14-4-2-3-7-19-14/h2-4,7,12-13,15,20H,5-6,8-11H2,1H3/t12-,15+/m1/s1. The van der Waals surface area contributed by atoms with E-state index in [1.165, 1.54) is 0 Å². The summed E-state index contributed by atoms with van der Waals surface area (Å²) in [6.07, 6.45) is 3.25. The summed E-state index contributed by atoms with van der Waals surface area (Å²) in [5.41, 5.74) is 0.701. The van der Waals surface area contributed by atoms with E-state index in [2.05, 4.69) is 20.4 Å². The van der Waals surface area contributed by atoms with E-state index in [4.69, 9.17) is 9.26 Å². The van der Waals surface area contributed by atoms with Crippen LogP contribution in [0, 0.1) is 0 Å². The molecule has 4 rings (SSSR count). The summed E-state index contributed by atoms with van der Waals surface area (Å²) >= 11 is 0. The van der Waals surface area contributed by atoms with Crippen molar-refractivity contribution in [3.63, 3.8) is 0 Å². The van der Waals surface area contributed by atoms with E-state index >= 15 is 0 Å². The van der Waals surface area contributed by atoms with Crippen molar-refractivity contribution in [2.75, 3.05) is 26.2 Å². The molecule has 2 saturated heterocycles. The lowest BCUT2D eigenvalue weighted by Crippen LogP contribution is -2.57. The largest absolute Gasteiger partial charge is 0.375 e. The molecule has 1 N–H and O–H groups in total. The lowest BCUT2D eigenvalue weighted by Gasteiger charge is -2.36. The Balaban J connectivity index is 1.36. The third-order valence-corrected chi connectivity index (χ3v) is 5.07. The van der Waals surface area contributed by atoms with Gasteiger partial charge >= 0.3 is 0 Å². The molecule has 0 saturated carbocycles. The minimum Gasteiger partial charge on any atom is -0.375 e. The van der Waals surface area contributed by atoms with Crippen molar-refractivity contribution in [2.24, 2.45) is 0 Å². The summed E-state index contributed by atoms with van der Waals surface area (Å²) in [4.78, 5) is 23.4. The normalized spacial score (nSPS) is 24.6. The molecule has 8 nitrogen and oxygen atoms in total. The van der Waals surface area contributed by atoms with Gasteiger partial charge in [0.05, 0.1) is 12.7 Å². The van der Waals surface area contributed by atoms with Crippen LogP contribution < -0.4 is 5.32 Å². The molecule has 2 aromatic heterocycles. The van der Waals surface area contributed by atoms with E-state index in [0.29, 0.717) is 37.1 Å². The Morgan fingerprint density at radius 1 is 1.31 bits per heavy atom. The van der Waals surface area contributed by atoms with Gasteiger partial charge in [0, 0.05) is 31.7 Å². The number of ether oxygens (including phenoxy) is 1. The van der Waals surface area contributed by atoms with Crippen LogP contribution in [0.5, 0.6) is 0 Å². The van der Waals surface area contributed by atoms with Gasteiger partial charge in [-0.2, -0.15) is 4.98 Å². The zero-order chi connectivity index (χ0) is 17.9. The second-order valence-electron chi connectivity index (χ2n) is 6.78. The molecule has 2 atom stereocenters. The highest BCUT2D eigenvalue weighted by molar-refractivity contribution is 5.82. The zero-order valence-electron chi connectivity index (χ0n) is 14.8. The molecule has 8 heteroatoms. The first kappa shape index (κ1) is 17.1. The molecular weight excluding hydrogens is 334 g/mol. The Morgan fingerprint density at radius 3 is 2.88 bits per heavy atom. The van der Waals surface area contributed by atoms with Crippen LogP contribution in [-0.2, 0) is 9.53 Å². The average Bonchev–Trinajstić information content (AvgIpc) is 3.19. The summed E-state index contributed by atoms with van der Waals surface area (Å²) in [5, 5.41) is 7.31. The molecule has 26 heavy (non-hydrogen) atoms. The minimum atomic E-state index is -0.250. The molecule has 2 aliphatic rings. The van der Waals surface area contributed by atoms with E-state index in [0.717, 1.165) is 19.4 Å². The fourth-order valence-corrected chi connectivity index (χ4v) is 3.55. The molecule has 0 bridgehead atoms. The van der Waals surface area contributed by atoms with Crippen molar-refractivity contribution >= 4 is 5.91 Å². The highest BCUT2D eigenvalue weighted by atomic mass is 16.5. The summed E-state index contributed by atoms with van der Waals surface area (Å²) < 4.78 is 11.0. The molecule has 0 unspecified atom stereocenters. The molecule has 0 aromatic carbocycles. The maximum absolute atomic E-state index is 12.7. The van der Waals surface area contributed by atoms with Gasteiger partial charge in [-0.05, 0) is 31.9 Å². The number of rotatable bonds is 3. The van der Waals surface area contributed by atoms with E-state index < -0.39 is 0 Å². The SMILES string of the molecule is C[C@H]1OCCN[C@@H]1C(=O)N1CCC(c2nc(-c3ccccn3)no2)CC1. The number of aromatic nitrogens is 3. The van der Waals surface area contributed by atoms with Crippen molar-refractivity contribution in [1.82, 2.24) is 25.3 Å². The topological polar surface area (TPSA) is 93.4 Å². The number of nitrogens with zero attached hydrogens (tertiary/aromatic N) is 4. The van der Waals surface area contributed by atoms with Gasteiger partial charge in [0.15, 0.2) is 0 Å². The van der Waals surface area contributed by atoms with Crippen LogP contribution >= 0.6 is 0 Å². The van der Waals surface area contributed by atoms with E-state index in [1.807, 2.05) is 30.0 Å². The van der Waals surface area contributed by atoms with Crippen LogP contribution in [0.1, 0.15) is 31.6 Å². The van der Waals surface area contributed by atoms with Crippen LogP contribution in [0.2, 0.25) is 0 Å². The number of likely N-dealkylation sites (tertiary alicyclic amines) is 1. The highest BCUT2D eigenvalue weighted by Crippen LogP contribution is 2.28. The van der Waals surface area contributed by atoms with Crippen LogP contribution in [0.3, 0.4) is 0 Å². The zero-order valence-corrected chi connectivity index (χ0v) is 14.8. The van der Waals surface area contributed by atoms with Gasteiger partial charge in [0.25, 0.3) is 0 Å². The van der Waals surface area contributed by atoms with Gasteiger partial charge in [-0.1, -0.05) is 11.2 Å². The summed E-state index contributed by atoms with van der Waals surface area (Å²) in [6, 6.07) is 5.35. The van der Waals surface area contributed by atoms with Gasteiger partial charge < -0.3 is 19.5 Å². The molecule has 4 heterocycles. The quantitative estimate of drug-likeness (QED) is 0.882. The third-order valence-electron chi connectivity index (χ3n) is 5.07. The van der Waals surface area contributed by atoms with Gasteiger partial charge in [-0.3, -0.25) is 9.78 Å². The monoisotopic (exact) mass is 357 g/mol. The Hall–Kier alpha value is -2.32. The first-order valence-corrected chi connectivity index (χ1v) is 9.11. The Labute approximate surface area is 151 Å². The van der Waals surface area contributed by atoms with Crippen LogP contribution in [0.15, 0.2) is 28.9 Å². The predicted molar refractivity (Wildman–Crippen MR) is 93.3 cm³/mol. The van der Waals surface area contributed by atoms with Crippen molar-refractivity contribution < 1.29 is 14.1 Å². The lowest BCUT2D eigenvalue weighted by atomic mass is 9.95. The van der Waals surface area contributed by atoms with Gasteiger partial charge in [-0.25, -0.2) is 0 Å². The summed E-state index contributed by atoms with van der Waals surface area (Å²) in [7, 11) is 0. The predicted octanol–water partition coefficient (Wildman–Crippen LogP) is 1.21. The molecule has 0 aliphatic carbocycles. The Morgan fingerprint density at radius 2 is 2.15 bits per heavy atom. The van der Waals surface area contributed by atoms with Crippen molar-refractivity contribution in [3.05, 3.63) is 30.3 Å². The molecule has 0 radical (unpaired) electrons. The molecule has 0 spiro atoms. The molecule has 2 aliphatic heterocycles. The third kappa shape index (κ3) is 3.47. The van der Waals surface area contributed by atoms with Gasteiger partial charge in [0.2, 0.25) is 17.6 Å². The molecule has 1 amide bonds. The van der Waals surface area contributed by atoms with Crippen LogP contribution in [-0.4, -0.2) is 64.3 Å². The first-order chi connectivity index (χ1) is 12.7. The highest BCUT2D eigenvalue weighted by Gasteiger charge is 2.34. The molecular formula is C18H23N5O3. The minimum absolute atomic E-state index is 0.0918. The fourth-order valence-electron chi connectivity index (χ4n) is 3.55. The Kier molecular flexibility index (Phi) is 4.94. The number of carbonyl (C=O) groups excluding carboxylic acids is 1. The van der Waals surface area contributed by atoms with Crippen molar-refractivity contribution in [1.29, 1.82) is 0 Å². The van der Waals surface area contributed by atoms with E-state index in [-0.39, 0.29) is 24.0 Å². The fraction of sp³-hybridized carbons (Fsp3) is 0.556. The number of morpholine rings is 1. The second kappa shape index (κ2) is 7.51. The number of piperidine rings is 1. The number of amides is 1. The molecule has 138 valence electrons. The number of hydrogen-bond acceptors (Lipinski definition) is 7. The van der Waals surface area contributed by atoms with Crippen LogP contribution in [0.25, 0.3) is 11.5 Å². The maximum Gasteiger partial charge on any atom is 0.242 e. The van der Waals surface area contributed by atoms with Gasteiger partial charge in [-0.15, -0.1) is 0 Å². The summed E-state index contributed by atoms with van der Waals surface area (Å²) in [6.45, 7) is 4.70. The number of nitrogens with one attached hydrogen (secondary N) is 1. The lowest BCUT2D eigenvalue weighted by molar-refractivity contribution is -0.140. The molecule has 2 aromatic rings. The maximum atomic E-state index is 12.7. The van der Waals surface area contributed by atoms with Crippen molar-refractivity contribution in [3.8, 4) is 11.5 Å². The number of carbonyl (C=O) groups is 1. The van der Waals surface area contributed by atoms with Crippen LogP contribution in [0.4, 0.5) is 0 Å².